The van der Waals surface area contributed by atoms with E-state index in [9.17, 15) is 5.26 Å². The first-order valence-corrected chi connectivity index (χ1v) is 7.67. The van der Waals surface area contributed by atoms with Gasteiger partial charge < -0.3 is 4.90 Å². The van der Waals surface area contributed by atoms with Crippen LogP contribution in [0.4, 0.5) is 5.69 Å². The van der Waals surface area contributed by atoms with Crippen molar-refractivity contribution >= 4 is 5.69 Å². The Hall–Kier alpha value is -1.49. The van der Waals surface area contributed by atoms with Gasteiger partial charge in [0.1, 0.15) is 6.07 Å². The van der Waals surface area contributed by atoms with E-state index in [-0.39, 0.29) is 0 Å². The molecule has 0 N–H and O–H groups in total. The number of aryl methyl sites for hydroxylation is 1. The molecule has 0 saturated carbocycles. The molecule has 2 nitrogen and oxygen atoms in total. The van der Waals surface area contributed by atoms with E-state index >= 15 is 0 Å². The van der Waals surface area contributed by atoms with Crippen LogP contribution in [0.2, 0.25) is 0 Å². The van der Waals surface area contributed by atoms with Crippen molar-refractivity contribution in [1.29, 1.82) is 5.26 Å². The topological polar surface area (TPSA) is 27.0 Å². The molecule has 0 aliphatic carbocycles. The monoisotopic (exact) mass is 270 g/mol. The van der Waals surface area contributed by atoms with Crippen molar-refractivity contribution in [2.75, 3.05) is 18.0 Å². The van der Waals surface area contributed by atoms with Gasteiger partial charge in [-0.15, -0.1) is 0 Å². The number of benzene rings is 1. The van der Waals surface area contributed by atoms with Gasteiger partial charge in [-0.3, -0.25) is 0 Å². The molecule has 108 valence electrons. The first kappa shape index (κ1) is 14.9. The van der Waals surface area contributed by atoms with E-state index in [1.54, 1.807) is 0 Å². The SMILES string of the molecule is Cc1ccc(C#N)c(N2CCCC(C(C)(C)C)CC2)c1. The van der Waals surface area contributed by atoms with E-state index in [0.29, 0.717) is 5.41 Å². The number of rotatable bonds is 1. The lowest BCUT2D eigenvalue weighted by Crippen LogP contribution is -2.26. The van der Waals surface area contributed by atoms with Crippen molar-refractivity contribution in [2.45, 2.75) is 47.0 Å². The van der Waals surface area contributed by atoms with Gasteiger partial charge in [0.05, 0.1) is 11.3 Å². The Morgan fingerprint density at radius 2 is 1.95 bits per heavy atom. The molecule has 1 saturated heterocycles. The molecule has 1 aromatic rings. The van der Waals surface area contributed by atoms with Gasteiger partial charge in [-0.25, -0.2) is 0 Å². The van der Waals surface area contributed by atoms with E-state index in [0.717, 1.165) is 30.3 Å². The van der Waals surface area contributed by atoms with E-state index < -0.39 is 0 Å². The zero-order valence-corrected chi connectivity index (χ0v) is 13.2. The van der Waals surface area contributed by atoms with E-state index in [1.807, 2.05) is 12.1 Å². The standard InChI is InChI=1S/C18H26N2/c1-14-7-8-15(13-19)17(12-14)20-10-5-6-16(9-11-20)18(2,3)4/h7-8,12,16H,5-6,9-11H2,1-4H3. The van der Waals surface area contributed by atoms with Crippen LogP contribution in [-0.2, 0) is 0 Å². The van der Waals surface area contributed by atoms with E-state index in [1.165, 1.54) is 24.8 Å². The maximum absolute atomic E-state index is 9.31. The largest absolute Gasteiger partial charge is 0.370 e. The Balaban J connectivity index is 2.19. The average molecular weight is 270 g/mol. The molecule has 2 heteroatoms. The van der Waals surface area contributed by atoms with Gasteiger partial charge in [0.15, 0.2) is 0 Å². The minimum Gasteiger partial charge on any atom is -0.370 e. The second-order valence-corrected chi connectivity index (χ2v) is 7.11. The molecule has 2 rings (SSSR count). The van der Waals surface area contributed by atoms with Crippen LogP contribution in [0, 0.1) is 29.6 Å². The molecular weight excluding hydrogens is 244 g/mol. The molecule has 0 radical (unpaired) electrons. The lowest BCUT2D eigenvalue weighted by Gasteiger charge is -2.30. The van der Waals surface area contributed by atoms with Crippen LogP contribution in [0.1, 0.15) is 51.2 Å². The predicted molar refractivity (Wildman–Crippen MR) is 84.9 cm³/mol. The fraction of sp³-hybridized carbons (Fsp3) is 0.611. The lowest BCUT2D eigenvalue weighted by molar-refractivity contribution is 0.220. The highest BCUT2D eigenvalue weighted by atomic mass is 15.1. The smallest absolute Gasteiger partial charge is 0.101 e. The molecule has 1 heterocycles. The zero-order chi connectivity index (χ0) is 14.8. The van der Waals surface area contributed by atoms with Crippen LogP contribution < -0.4 is 4.90 Å². The lowest BCUT2D eigenvalue weighted by atomic mass is 9.77. The van der Waals surface area contributed by atoms with Crippen molar-refractivity contribution < 1.29 is 0 Å². The summed E-state index contributed by atoms with van der Waals surface area (Å²) in [4.78, 5) is 2.41. The molecule has 1 atom stereocenters. The summed E-state index contributed by atoms with van der Waals surface area (Å²) in [5.41, 5.74) is 3.56. The van der Waals surface area contributed by atoms with E-state index in [2.05, 4.69) is 44.7 Å². The van der Waals surface area contributed by atoms with Gasteiger partial charge in [-0.05, 0) is 55.2 Å². The summed E-state index contributed by atoms with van der Waals surface area (Å²) in [6.07, 6.45) is 3.75. The van der Waals surface area contributed by atoms with Crippen molar-refractivity contribution in [1.82, 2.24) is 0 Å². The minimum atomic E-state index is 0.390. The quantitative estimate of drug-likeness (QED) is 0.750. The molecule has 0 aromatic heterocycles. The minimum absolute atomic E-state index is 0.390. The first-order chi connectivity index (χ1) is 9.41. The summed E-state index contributed by atoms with van der Waals surface area (Å²) in [5.74, 6) is 0.780. The van der Waals surface area contributed by atoms with Crippen LogP contribution in [-0.4, -0.2) is 13.1 Å². The zero-order valence-electron chi connectivity index (χ0n) is 13.2. The summed E-state index contributed by atoms with van der Waals surface area (Å²) in [6, 6.07) is 8.48. The first-order valence-electron chi connectivity index (χ1n) is 7.67. The summed E-state index contributed by atoms with van der Waals surface area (Å²) in [7, 11) is 0. The molecular formula is C18H26N2. The van der Waals surface area contributed by atoms with Crippen molar-refractivity contribution in [3.63, 3.8) is 0 Å². The van der Waals surface area contributed by atoms with Crippen LogP contribution >= 0.6 is 0 Å². The second kappa shape index (κ2) is 5.87. The highest BCUT2D eigenvalue weighted by molar-refractivity contribution is 5.60. The molecule has 1 unspecified atom stereocenters. The molecule has 0 bridgehead atoms. The molecule has 0 spiro atoms. The summed E-state index contributed by atoms with van der Waals surface area (Å²) >= 11 is 0. The van der Waals surface area contributed by atoms with Crippen molar-refractivity contribution in [3.05, 3.63) is 29.3 Å². The molecule has 0 amide bonds. The Kier molecular flexibility index (Phi) is 4.38. The maximum atomic E-state index is 9.31. The van der Waals surface area contributed by atoms with E-state index in [4.69, 9.17) is 0 Å². The molecule has 20 heavy (non-hydrogen) atoms. The highest BCUT2D eigenvalue weighted by Crippen LogP contribution is 2.35. The fourth-order valence-electron chi connectivity index (χ4n) is 3.20. The van der Waals surface area contributed by atoms with Gasteiger partial charge in [0, 0.05) is 13.1 Å². The number of hydrogen-bond acceptors (Lipinski definition) is 2. The Labute approximate surface area is 123 Å². The van der Waals surface area contributed by atoms with Crippen molar-refractivity contribution in [3.8, 4) is 6.07 Å². The Morgan fingerprint density at radius 3 is 2.60 bits per heavy atom. The Bertz CT molecular complexity index is 505. The normalized spacial score (nSPS) is 20.4. The summed E-state index contributed by atoms with van der Waals surface area (Å²) in [5, 5.41) is 9.31. The summed E-state index contributed by atoms with van der Waals surface area (Å²) in [6.45, 7) is 11.3. The third-order valence-electron chi connectivity index (χ3n) is 4.57. The molecule has 1 aliphatic rings. The van der Waals surface area contributed by atoms with Crippen LogP contribution in [0.3, 0.4) is 0 Å². The highest BCUT2D eigenvalue weighted by Gasteiger charge is 2.27. The number of hydrogen-bond donors (Lipinski definition) is 0. The summed E-state index contributed by atoms with van der Waals surface area (Å²) < 4.78 is 0. The van der Waals surface area contributed by atoms with Crippen molar-refractivity contribution in [2.24, 2.45) is 11.3 Å². The van der Waals surface area contributed by atoms with Gasteiger partial charge in [0.25, 0.3) is 0 Å². The average Bonchev–Trinajstić information content (AvgIpc) is 2.63. The van der Waals surface area contributed by atoms with Gasteiger partial charge in [0.2, 0.25) is 0 Å². The number of nitriles is 1. The third kappa shape index (κ3) is 3.33. The van der Waals surface area contributed by atoms with Gasteiger partial charge in [-0.2, -0.15) is 5.26 Å². The Morgan fingerprint density at radius 1 is 1.20 bits per heavy atom. The predicted octanol–water partition coefficient (Wildman–Crippen LogP) is 4.52. The van der Waals surface area contributed by atoms with Crippen LogP contribution in [0.5, 0.6) is 0 Å². The number of anilines is 1. The molecule has 1 aliphatic heterocycles. The van der Waals surface area contributed by atoms with Gasteiger partial charge in [-0.1, -0.05) is 26.8 Å². The van der Waals surface area contributed by atoms with Crippen LogP contribution in [0.25, 0.3) is 0 Å². The fourth-order valence-corrected chi connectivity index (χ4v) is 3.20. The number of nitrogens with zero attached hydrogens (tertiary/aromatic N) is 2. The maximum Gasteiger partial charge on any atom is 0.101 e. The molecule has 1 fully saturated rings. The third-order valence-corrected chi connectivity index (χ3v) is 4.57. The second-order valence-electron chi connectivity index (χ2n) is 7.11. The van der Waals surface area contributed by atoms with Gasteiger partial charge >= 0.3 is 0 Å². The van der Waals surface area contributed by atoms with Crippen LogP contribution in [0.15, 0.2) is 18.2 Å². The molecule has 1 aromatic carbocycles.